The Hall–Kier alpha value is -1.04. The highest BCUT2D eigenvalue weighted by Gasteiger charge is 2.09. The Balaban J connectivity index is 2.65. The second-order valence-electron chi connectivity index (χ2n) is 3.95. The molecule has 0 aliphatic heterocycles. The zero-order valence-electron chi connectivity index (χ0n) is 10.6. The first kappa shape index (κ1) is 15.0. The van der Waals surface area contributed by atoms with Gasteiger partial charge in [0.05, 0.1) is 19.3 Å². The maximum Gasteiger partial charge on any atom is 0.123 e. The molecule has 0 aromatic heterocycles. The van der Waals surface area contributed by atoms with Crippen molar-refractivity contribution in [2.24, 2.45) is 5.73 Å². The zero-order chi connectivity index (χ0) is 13.5. The van der Waals surface area contributed by atoms with Gasteiger partial charge in [-0.25, -0.2) is 4.39 Å². The monoisotopic (exact) mass is 271 g/mol. The molecule has 1 aromatic rings. The van der Waals surface area contributed by atoms with Crippen LogP contribution in [0.15, 0.2) is 18.2 Å². The molecule has 1 rings (SSSR count). The van der Waals surface area contributed by atoms with E-state index in [4.69, 9.17) is 27.4 Å². The smallest absolute Gasteiger partial charge is 0.123 e. The molecule has 1 aromatic carbocycles. The molecule has 100 valence electrons. The van der Waals surface area contributed by atoms with Gasteiger partial charge in [0.15, 0.2) is 0 Å². The van der Waals surface area contributed by atoms with Crippen LogP contribution in [-0.2, 0) is 16.1 Å². The average molecular weight is 271 g/mol. The summed E-state index contributed by atoms with van der Waals surface area (Å²) in [4.78, 5) is 0.242. The van der Waals surface area contributed by atoms with Gasteiger partial charge in [-0.3, -0.25) is 0 Å². The predicted molar refractivity (Wildman–Crippen MR) is 73.0 cm³/mol. The number of ether oxygens (including phenoxy) is 2. The topological polar surface area (TPSA) is 44.5 Å². The normalized spacial score (nSPS) is 12.4. The summed E-state index contributed by atoms with van der Waals surface area (Å²) in [6.45, 7) is 5.23. The lowest BCUT2D eigenvalue weighted by Crippen LogP contribution is -2.18. The number of benzene rings is 1. The molecule has 1 atom stereocenters. The van der Waals surface area contributed by atoms with E-state index in [1.807, 2.05) is 13.8 Å². The van der Waals surface area contributed by atoms with E-state index in [1.54, 1.807) is 6.07 Å². The van der Waals surface area contributed by atoms with Crippen molar-refractivity contribution in [3.8, 4) is 0 Å². The molecule has 0 aliphatic carbocycles. The Kier molecular flexibility index (Phi) is 6.18. The van der Waals surface area contributed by atoms with Crippen LogP contribution >= 0.6 is 12.2 Å². The van der Waals surface area contributed by atoms with Gasteiger partial charge >= 0.3 is 0 Å². The summed E-state index contributed by atoms with van der Waals surface area (Å²) in [5.41, 5.74) is 6.89. The fraction of sp³-hybridized carbons (Fsp3) is 0.462. The van der Waals surface area contributed by atoms with E-state index in [1.165, 1.54) is 12.1 Å². The highest BCUT2D eigenvalue weighted by atomic mass is 32.1. The molecule has 3 nitrogen and oxygen atoms in total. The molecule has 0 amide bonds. The molecule has 18 heavy (non-hydrogen) atoms. The highest BCUT2D eigenvalue weighted by molar-refractivity contribution is 7.80. The Morgan fingerprint density at radius 2 is 2.22 bits per heavy atom. The Bertz CT molecular complexity index is 412. The van der Waals surface area contributed by atoms with E-state index in [0.717, 1.165) is 0 Å². The second-order valence-corrected chi connectivity index (χ2v) is 4.39. The van der Waals surface area contributed by atoms with Crippen LogP contribution in [0.3, 0.4) is 0 Å². The summed E-state index contributed by atoms with van der Waals surface area (Å²) < 4.78 is 24.0. The number of hydrogen-bond acceptors (Lipinski definition) is 3. The first-order valence-corrected chi connectivity index (χ1v) is 6.23. The summed E-state index contributed by atoms with van der Waals surface area (Å²) >= 11 is 4.92. The van der Waals surface area contributed by atoms with E-state index in [9.17, 15) is 4.39 Å². The maximum absolute atomic E-state index is 13.2. The molecular formula is C13H18FNO2S. The standard InChI is InChI=1S/C13H18FNO2S/c1-3-16-7-9(2)17-8-10-6-11(14)4-5-12(10)13(15)18/h4-6,9H,3,7-8H2,1-2H3,(H2,15,18). The van der Waals surface area contributed by atoms with Crippen molar-refractivity contribution in [3.63, 3.8) is 0 Å². The molecule has 0 aliphatic rings. The molecule has 0 saturated heterocycles. The lowest BCUT2D eigenvalue weighted by molar-refractivity contribution is -0.0117. The third-order valence-electron chi connectivity index (χ3n) is 2.41. The van der Waals surface area contributed by atoms with Gasteiger partial charge in [-0.15, -0.1) is 0 Å². The van der Waals surface area contributed by atoms with Crippen LogP contribution in [0.5, 0.6) is 0 Å². The zero-order valence-corrected chi connectivity index (χ0v) is 11.4. The van der Waals surface area contributed by atoms with Crippen LogP contribution in [0.25, 0.3) is 0 Å². The lowest BCUT2D eigenvalue weighted by atomic mass is 10.1. The summed E-state index contributed by atoms with van der Waals surface area (Å²) in [6, 6.07) is 4.30. The molecule has 0 radical (unpaired) electrons. The van der Waals surface area contributed by atoms with E-state index < -0.39 is 0 Å². The van der Waals surface area contributed by atoms with Crippen LogP contribution in [0.1, 0.15) is 25.0 Å². The third-order valence-corrected chi connectivity index (χ3v) is 2.63. The summed E-state index contributed by atoms with van der Waals surface area (Å²) in [6.07, 6.45) is -0.0626. The summed E-state index contributed by atoms with van der Waals surface area (Å²) in [5.74, 6) is -0.328. The van der Waals surface area contributed by atoms with Gasteiger partial charge in [-0.05, 0) is 37.6 Å². The van der Waals surface area contributed by atoms with Crippen molar-refractivity contribution < 1.29 is 13.9 Å². The SMILES string of the molecule is CCOCC(C)OCc1cc(F)ccc1C(N)=S. The van der Waals surface area contributed by atoms with Gasteiger partial charge in [0, 0.05) is 12.2 Å². The Morgan fingerprint density at radius 1 is 1.50 bits per heavy atom. The van der Waals surface area contributed by atoms with Crippen LogP contribution < -0.4 is 5.73 Å². The van der Waals surface area contributed by atoms with E-state index in [0.29, 0.717) is 24.3 Å². The Labute approximate surface area is 112 Å². The van der Waals surface area contributed by atoms with Crippen LogP contribution in [0.4, 0.5) is 4.39 Å². The van der Waals surface area contributed by atoms with Crippen molar-refractivity contribution in [2.75, 3.05) is 13.2 Å². The largest absolute Gasteiger partial charge is 0.389 e. The highest BCUT2D eigenvalue weighted by Crippen LogP contribution is 2.13. The second kappa shape index (κ2) is 7.41. The van der Waals surface area contributed by atoms with Gasteiger partial charge in [0.1, 0.15) is 10.8 Å². The molecule has 2 N–H and O–H groups in total. The van der Waals surface area contributed by atoms with Crippen molar-refractivity contribution in [1.29, 1.82) is 0 Å². The maximum atomic E-state index is 13.2. The molecular weight excluding hydrogens is 253 g/mol. The van der Waals surface area contributed by atoms with Gasteiger partial charge in [-0.1, -0.05) is 12.2 Å². The first-order valence-electron chi connectivity index (χ1n) is 5.82. The van der Waals surface area contributed by atoms with Gasteiger partial charge < -0.3 is 15.2 Å². The van der Waals surface area contributed by atoms with E-state index in [-0.39, 0.29) is 23.5 Å². The molecule has 0 fully saturated rings. The number of nitrogens with two attached hydrogens (primary N) is 1. The predicted octanol–water partition coefficient (Wildman–Crippen LogP) is 2.40. The quantitative estimate of drug-likeness (QED) is 0.773. The first-order chi connectivity index (χ1) is 8.54. The fourth-order valence-corrected chi connectivity index (χ4v) is 1.69. The van der Waals surface area contributed by atoms with Gasteiger partial charge in [0.2, 0.25) is 0 Å². The number of halogens is 1. The Morgan fingerprint density at radius 3 is 2.83 bits per heavy atom. The molecule has 0 spiro atoms. The van der Waals surface area contributed by atoms with Crippen molar-refractivity contribution in [3.05, 3.63) is 35.1 Å². The van der Waals surface area contributed by atoms with Crippen molar-refractivity contribution in [2.45, 2.75) is 26.6 Å². The summed E-state index contributed by atoms with van der Waals surface area (Å²) in [5, 5.41) is 0. The number of rotatable bonds is 7. The van der Waals surface area contributed by atoms with E-state index in [2.05, 4.69) is 0 Å². The van der Waals surface area contributed by atoms with Crippen LogP contribution in [-0.4, -0.2) is 24.3 Å². The minimum atomic E-state index is -0.328. The third kappa shape index (κ3) is 4.68. The minimum absolute atomic E-state index is 0.0626. The molecule has 0 heterocycles. The summed E-state index contributed by atoms with van der Waals surface area (Å²) in [7, 11) is 0. The average Bonchev–Trinajstić information content (AvgIpc) is 2.33. The molecule has 0 bridgehead atoms. The van der Waals surface area contributed by atoms with Gasteiger partial charge in [0.25, 0.3) is 0 Å². The number of hydrogen-bond donors (Lipinski definition) is 1. The van der Waals surface area contributed by atoms with Crippen LogP contribution in [0.2, 0.25) is 0 Å². The molecule has 1 unspecified atom stereocenters. The fourth-order valence-electron chi connectivity index (χ4n) is 1.49. The molecule has 0 saturated carbocycles. The minimum Gasteiger partial charge on any atom is -0.389 e. The van der Waals surface area contributed by atoms with Gasteiger partial charge in [-0.2, -0.15) is 0 Å². The van der Waals surface area contributed by atoms with Crippen LogP contribution in [0, 0.1) is 5.82 Å². The molecule has 5 heteroatoms. The van der Waals surface area contributed by atoms with Crippen molar-refractivity contribution >= 4 is 17.2 Å². The number of thiocarbonyl (C=S) groups is 1. The van der Waals surface area contributed by atoms with Crippen molar-refractivity contribution in [1.82, 2.24) is 0 Å². The lowest BCUT2D eigenvalue weighted by Gasteiger charge is -2.14. The van der Waals surface area contributed by atoms with E-state index >= 15 is 0 Å².